The van der Waals surface area contributed by atoms with E-state index in [-0.39, 0.29) is 5.91 Å². The second-order valence-corrected chi connectivity index (χ2v) is 7.82. The van der Waals surface area contributed by atoms with Crippen LogP contribution in [0.4, 0.5) is 0 Å². The number of rotatable bonds is 9. The lowest BCUT2D eigenvalue weighted by atomic mass is 9.94. The number of methoxy groups -OCH3 is 1. The van der Waals surface area contributed by atoms with E-state index in [1.165, 1.54) is 5.56 Å². The van der Waals surface area contributed by atoms with E-state index >= 15 is 0 Å². The maximum Gasteiger partial charge on any atom is 0.254 e. The summed E-state index contributed by atoms with van der Waals surface area (Å²) in [5, 5.41) is 0. The molecule has 1 unspecified atom stereocenters. The Bertz CT molecular complexity index is 853. The summed E-state index contributed by atoms with van der Waals surface area (Å²) in [7, 11) is 1.67. The number of hydrogen-bond acceptors (Lipinski definition) is 5. The molecule has 0 aliphatic carbocycles. The molecule has 1 aliphatic heterocycles. The smallest absolute Gasteiger partial charge is 0.254 e. The van der Waals surface area contributed by atoms with Crippen LogP contribution in [0.3, 0.4) is 0 Å². The first-order valence-corrected chi connectivity index (χ1v) is 11.6. The number of hydrogen-bond donors (Lipinski definition) is 0. The van der Waals surface area contributed by atoms with Crippen LogP contribution in [-0.4, -0.2) is 50.8 Å². The molecular formula is C26H35NO5. The topological polar surface area (TPSA) is 57.2 Å². The molecule has 6 heteroatoms. The molecule has 2 aromatic carbocycles. The van der Waals surface area contributed by atoms with Gasteiger partial charge in [0.05, 0.1) is 26.9 Å². The van der Waals surface area contributed by atoms with Crippen LogP contribution in [0, 0.1) is 0 Å². The van der Waals surface area contributed by atoms with Gasteiger partial charge in [-0.05, 0) is 63.4 Å². The van der Waals surface area contributed by atoms with E-state index in [9.17, 15) is 4.79 Å². The summed E-state index contributed by atoms with van der Waals surface area (Å²) in [6.07, 6.45) is 3.15. The van der Waals surface area contributed by atoms with E-state index in [0.29, 0.717) is 55.1 Å². The molecule has 1 amide bonds. The fourth-order valence-electron chi connectivity index (χ4n) is 4.17. The van der Waals surface area contributed by atoms with E-state index < -0.39 is 0 Å². The Morgan fingerprint density at radius 2 is 1.56 bits per heavy atom. The SMILES string of the molecule is CCOc1cc(C(=O)N2CCCCC(c3ccc(OC)cc3)C2)cc(OCC)c1OCC. The molecule has 6 nitrogen and oxygen atoms in total. The number of carbonyl (C=O) groups is 1. The van der Waals surface area contributed by atoms with E-state index in [2.05, 4.69) is 12.1 Å². The van der Waals surface area contributed by atoms with Crippen molar-refractivity contribution >= 4 is 5.91 Å². The van der Waals surface area contributed by atoms with Crippen LogP contribution in [0.15, 0.2) is 36.4 Å². The predicted molar refractivity (Wildman–Crippen MR) is 125 cm³/mol. The highest BCUT2D eigenvalue weighted by molar-refractivity contribution is 5.95. The van der Waals surface area contributed by atoms with Crippen molar-refractivity contribution in [3.63, 3.8) is 0 Å². The first-order chi connectivity index (χ1) is 15.6. The fourth-order valence-corrected chi connectivity index (χ4v) is 4.17. The number of carbonyl (C=O) groups excluding carboxylic acids is 1. The highest BCUT2D eigenvalue weighted by atomic mass is 16.5. The molecule has 2 aromatic rings. The molecular weight excluding hydrogens is 406 g/mol. The van der Waals surface area contributed by atoms with E-state index in [1.807, 2.05) is 37.8 Å². The van der Waals surface area contributed by atoms with Gasteiger partial charge >= 0.3 is 0 Å². The molecule has 1 heterocycles. The number of nitrogens with zero attached hydrogens (tertiary/aromatic N) is 1. The van der Waals surface area contributed by atoms with Crippen LogP contribution in [0.1, 0.15) is 61.9 Å². The molecule has 0 spiro atoms. The second kappa shape index (κ2) is 11.7. The van der Waals surface area contributed by atoms with Crippen molar-refractivity contribution in [3.8, 4) is 23.0 Å². The predicted octanol–water partition coefficient (Wildman–Crippen LogP) is 5.30. The van der Waals surface area contributed by atoms with Gasteiger partial charge in [0.2, 0.25) is 5.75 Å². The molecule has 174 valence electrons. The first-order valence-electron chi connectivity index (χ1n) is 11.6. The Morgan fingerprint density at radius 3 is 2.12 bits per heavy atom. The van der Waals surface area contributed by atoms with Gasteiger partial charge < -0.3 is 23.8 Å². The average molecular weight is 442 g/mol. The summed E-state index contributed by atoms with van der Waals surface area (Å²) in [6.45, 7) is 8.62. The zero-order valence-electron chi connectivity index (χ0n) is 19.7. The third-order valence-corrected chi connectivity index (χ3v) is 5.70. The highest BCUT2D eigenvalue weighted by Crippen LogP contribution is 2.40. The summed E-state index contributed by atoms with van der Waals surface area (Å²) in [6, 6.07) is 11.8. The largest absolute Gasteiger partial charge is 0.497 e. The summed E-state index contributed by atoms with van der Waals surface area (Å²) in [5.74, 6) is 2.79. The molecule has 3 rings (SSSR count). The summed E-state index contributed by atoms with van der Waals surface area (Å²) in [5.41, 5.74) is 1.80. The number of likely N-dealkylation sites (tertiary alicyclic amines) is 1. The monoisotopic (exact) mass is 441 g/mol. The Labute approximate surface area is 191 Å². The molecule has 0 radical (unpaired) electrons. The van der Waals surface area contributed by atoms with Crippen LogP contribution in [-0.2, 0) is 0 Å². The van der Waals surface area contributed by atoms with Crippen LogP contribution < -0.4 is 18.9 Å². The minimum atomic E-state index is -0.00429. The molecule has 1 aliphatic rings. The van der Waals surface area contributed by atoms with Crippen molar-refractivity contribution in [2.45, 2.75) is 46.0 Å². The molecule has 0 aromatic heterocycles. The van der Waals surface area contributed by atoms with E-state index in [4.69, 9.17) is 18.9 Å². The molecule has 0 saturated carbocycles. The van der Waals surface area contributed by atoms with Crippen LogP contribution >= 0.6 is 0 Å². The average Bonchev–Trinajstić information content (AvgIpc) is 3.07. The summed E-state index contributed by atoms with van der Waals surface area (Å²) < 4.78 is 22.7. The highest BCUT2D eigenvalue weighted by Gasteiger charge is 2.26. The number of benzene rings is 2. The normalized spacial score (nSPS) is 16.2. The third kappa shape index (κ3) is 5.67. The van der Waals surface area contributed by atoms with Crippen molar-refractivity contribution < 1.29 is 23.7 Å². The van der Waals surface area contributed by atoms with Crippen molar-refractivity contribution in [2.24, 2.45) is 0 Å². The van der Waals surface area contributed by atoms with Crippen LogP contribution in [0.2, 0.25) is 0 Å². The van der Waals surface area contributed by atoms with Gasteiger partial charge in [0.25, 0.3) is 5.91 Å². The molecule has 1 saturated heterocycles. The maximum absolute atomic E-state index is 13.6. The van der Waals surface area contributed by atoms with Crippen molar-refractivity contribution in [1.29, 1.82) is 0 Å². The molecule has 1 fully saturated rings. The lowest BCUT2D eigenvalue weighted by molar-refractivity contribution is 0.0753. The van der Waals surface area contributed by atoms with Gasteiger partial charge in [-0.25, -0.2) is 0 Å². The minimum Gasteiger partial charge on any atom is -0.497 e. The Balaban J connectivity index is 1.88. The van der Waals surface area contributed by atoms with Crippen LogP contribution in [0.25, 0.3) is 0 Å². The number of amides is 1. The summed E-state index contributed by atoms with van der Waals surface area (Å²) in [4.78, 5) is 15.5. The fraction of sp³-hybridized carbons (Fsp3) is 0.500. The van der Waals surface area contributed by atoms with Crippen molar-refractivity contribution in [1.82, 2.24) is 4.90 Å². The van der Waals surface area contributed by atoms with Gasteiger partial charge in [0.1, 0.15) is 5.75 Å². The zero-order valence-corrected chi connectivity index (χ0v) is 19.7. The molecule has 0 N–H and O–H groups in total. The number of ether oxygens (including phenoxy) is 4. The molecule has 1 atom stereocenters. The van der Waals surface area contributed by atoms with Gasteiger partial charge in [-0.15, -0.1) is 0 Å². The third-order valence-electron chi connectivity index (χ3n) is 5.70. The maximum atomic E-state index is 13.6. The zero-order chi connectivity index (χ0) is 22.9. The van der Waals surface area contributed by atoms with E-state index in [0.717, 1.165) is 31.6 Å². The van der Waals surface area contributed by atoms with Gasteiger partial charge in [0, 0.05) is 24.6 Å². The van der Waals surface area contributed by atoms with Gasteiger partial charge in [0.15, 0.2) is 11.5 Å². The molecule has 32 heavy (non-hydrogen) atoms. The lowest BCUT2D eigenvalue weighted by Crippen LogP contribution is -2.34. The van der Waals surface area contributed by atoms with Gasteiger partial charge in [-0.1, -0.05) is 18.6 Å². The lowest BCUT2D eigenvalue weighted by Gasteiger charge is -2.26. The Kier molecular flexibility index (Phi) is 8.65. The molecule has 0 bridgehead atoms. The second-order valence-electron chi connectivity index (χ2n) is 7.82. The Morgan fingerprint density at radius 1 is 0.938 bits per heavy atom. The van der Waals surface area contributed by atoms with Crippen LogP contribution in [0.5, 0.6) is 23.0 Å². The quantitative estimate of drug-likeness (QED) is 0.528. The standard InChI is InChI=1S/C26H35NO5/c1-5-30-23-16-21(17-24(31-6-2)25(23)32-7-3)26(28)27-15-9-8-10-20(18-27)19-11-13-22(29-4)14-12-19/h11-14,16-17,20H,5-10,15,18H2,1-4H3. The Hall–Kier alpha value is -2.89. The van der Waals surface area contributed by atoms with Gasteiger partial charge in [-0.3, -0.25) is 4.79 Å². The van der Waals surface area contributed by atoms with E-state index in [1.54, 1.807) is 19.2 Å². The van der Waals surface area contributed by atoms with Crippen molar-refractivity contribution in [2.75, 3.05) is 40.0 Å². The van der Waals surface area contributed by atoms with Gasteiger partial charge in [-0.2, -0.15) is 0 Å². The summed E-state index contributed by atoms with van der Waals surface area (Å²) >= 11 is 0. The first kappa shape index (κ1) is 23.8. The van der Waals surface area contributed by atoms with Crippen molar-refractivity contribution in [3.05, 3.63) is 47.5 Å². The minimum absolute atomic E-state index is 0.00429.